The molecular weight excluding hydrogens is 383 g/mol. The first-order chi connectivity index (χ1) is 13.3. The van der Waals surface area contributed by atoms with Crippen LogP contribution in [0.3, 0.4) is 0 Å². The maximum atomic E-state index is 13.9. The Kier molecular flexibility index (Phi) is 5.25. The van der Waals surface area contributed by atoms with E-state index >= 15 is 0 Å². The van der Waals surface area contributed by atoms with Gasteiger partial charge in [0.15, 0.2) is 11.6 Å². The Balaban J connectivity index is 1.25. The number of rotatable bonds is 4. The van der Waals surface area contributed by atoms with E-state index in [1.165, 1.54) is 6.07 Å². The molecule has 0 bridgehead atoms. The fourth-order valence-electron chi connectivity index (χ4n) is 4.85. The summed E-state index contributed by atoms with van der Waals surface area (Å²) in [4.78, 5) is 26.2. The number of ether oxygens (including phenoxy) is 1. The van der Waals surface area contributed by atoms with Crippen LogP contribution in [0.4, 0.5) is 4.39 Å². The van der Waals surface area contributed by atoms with E-state index in [0.29, 0.717) is 24.5 Å². The number of nitrogens with zero attached hydrogens (tertiary/aromatic N) is 1. The number of carbonyl (C=O) groups excluding carboxylic acids is 2. The second-order valence-corrected chi connectivity index (χ2v) is 8.93. The summed E-state index contributed by atoms with van der Waals surface area (Å²) in [6.07, 6.45) is 4.54. The number of hydrogen-bond donors (Lipinski definition) is 1. The molecule has 2 aliphatic heterocycles. The lowest BCUT2D eigenvalue weighted by molar-refractivity contribution is -0.143. The first-order valence-electron chi connectivity index (χ1n) is 10.1. The van der Waals surface area contributed by atoms with E-state index in [0.717, 1.165) is 32.1 Å². The van der Waals surface area contributed by atoms with Crippen LogP contribution in [0.25, 0.3) is 0 Å². The van der Waals surface area contributed by atoms with Crippen LogP contribution in [0.15, 0.2) is 18.2 Å². The zero-order chi connectivity index (χ0) is 19.9. The number of benzene rings is 1. The lowest BCUT2D eigenvalue weighted by Crippen LogP contribution is -2.57. The van der Waals surface area contributed by atoms with Crippen LogP contribution in [0, 0.1) is 17.7 Å². The van der Waals surface area contributed by atoms with E-state index in [9.17, 15) is 14.0 Å². The molecule has 1 aliphatic carbocycles. The normalized spacial score (nSPS) is 28.8. The summed E-state index contributed by atoms with van der Waals surface area (Å²) < 4.78 is 19.8. The Morgan fingerprint density at radius 3 is 2.68 bits per heavy atom. The number of nitrogens with one attached hydrogen (secondary N) is 1. The monoisotopic (exact) mass is 408 g/mol. The highest BCUT2D eigenvalue weighted by Gasteiger charge is 2.51. The van der Waals surface area contributed by atoms with Gasteiger partial charge in [-0.05, 0) is 63.1 Å². The number of carbonyl (C=O) groups is 2. The van der Waals surface area contributed by atoms with Gasteiger partial charge in [0, 0.05) is 36.0 Å². The first kappa shape index (κ1) is 19.5. The molecule has 1 unspecified atom stereocenters. The topological polar surface area (TPSA) is 58.6 Å². The molecule has 1 spiro atoms. The molecule has 0 aromatic heterocycles. The maximum absolute atomic E-state index is 13.9. The quantitative estimate of drug-likeness (QED) is 0.828. The number of halogens is 2. The summed E-state index contributed by atoms with van der Waals surface area (Å²) in [5.74, 6) is 0.395. The van der Waals surface area contributed by atoms with Gasteiger partial charge in [0.25, 0.3) is 0 Å². The van der Waals surface area contributed by atoms with Crippen molar-refractivity contribution < 1.29 is 18.7 Å². The number of piperidine rings is 1. The van der Waals surface area contributed by atoms with Crippen molar-refractivity contribution in [3.63, 3.8) is 0 Å². The van der Waals surface area contributed by atoms with Crippen LogP contribution in [0.1, 0.15) is 45.4 Å². The van der Waals surface area contributed by atoms with Crippen LogP contribution in [0.2, 0.25) is 5.02 Å². The molecule has 7 heteroatoms. The van der Waals surface area contributed by atoms with E-state index < -0.39 is 5.82 Å². The smallest absolute Gasteiger partial charge is 0.225 e. The van der Waals surface area contributed by atoms with Crippen molar-refractivity contribution in [3.8, 4) is 5.75 Å². The summed E-state index contributed by atoms with van der Waals surface area (Å²) >= 11 is 5.78. The third-order valence-electron chi connectivity index (χ3n) is 6.58. The van der Waals surface area contributed by atoms with Crippen LogP contribution in [-0.2, 0) is 9.59 Å². The van der Waals surface area contributed by atoms with Gasteiger partial charge in [0.2, 0.25) is 11.8 Å². The van der Waals surface area contributed by atoms with Crippen LogP contribution >= 0.6 is 11.6 Å². The highest BCUT2D eigenvalue weighted by molar-refractivity contribution is 6.30. The molecule has 4 rings (SSSR count). The average molecular weight is 409 g/mol. The van der Waals surface area contributed by atoms with Crippen molar-refractivity contribution in [2.45, 2.75) is 57.1 Å². The summed E-state index contributed by atoms with van der Waals surface area (Å²) in [5, 5.41) is 3.39. The van der Waals surface area contributed by atoms with Crippen LogP contribution < -0.4 is 10.1 Å². The Labute approximate surface area is 169 Å². The van der Waals surface area contributed by atoms with Gasteiger partial charge in [-0.25, -0.2) is 4.39 Å². The number of likely N-dealkylation sites (tertiary alicyclic amines) is 1. The number of hydrogen-bond acceptors (Lipinski definition) is 3. The Hall–Kier alpha value is -1.82. The molecule has 1 aromatic rings. The third kappa shape index (κ3) is 3.84. The molecule has 152 valence electrons. The van der Waals surface area contributed by atoms with Gasteiger partial charge in [-0.3, -0.25) is 9.59 Å². The SMILES string of the molecule is CC(Oc1ccc(Cl)cc1F)C1CCN(C(=O)C2CC3(CCC(=O)N3)C2)CC1. The molecule has 5 nitrogen and oxygen atoms in total. The molecule has 3 fully saturated rings. The zero-order valence-corrected chi connectivity index (χ0v) is 16.8. The van der Waals surface area contributed by atoms with Crippen molar-refractivity contribution in [2.75, 3.05) is 13.1 Å². The zero-order valence-electron chi connectivity index (χ0n) is 16.0. The maximum Gasteiger partial charge on any atom is 0.225 e. The van der Waals surface area contributed by atoms with Crippen molar-refractivity contribution in [1.82, 2.24) is 10.2 Å². The predicted octanol–water partition coefficient (Wildman–Crippen LogP) is 3.54. The van der Waals surface area contributed by atoms with Gasteiger partial charge < -0.3 is 15.0 Å². The highest BCUT2D eigenvalue weighted by Crippen LogP contribution is 2.45. The van der Waals surface area contributed by atoms with Crippen molar-refractivity contribution in [1.29, 1.82) is 0 Å². The standard InChI is InChI=1S/C21H26ClFN2O3/c1-13(28-18-3-2-16(22)10-17(18)23)14-5-8-25(9-6-14)20(27)15-11-21(12-15)7-4-19(26)24-21/h2-3,10,13-15H,4-9,11-12H2,1H3,(H,24,26). The van der Waals surface area contributed by atoms with E-state index in [-0.39, 0.29) is 41.0 Å². The summed E-state index contributed by atoms with van der Waals surface area (Å²) in [6.45, 7) is 3.36. The fraction of sp³-hybridized carbons (Fsp3) is 0.619. The van der Waals surface area contributed by atoms with Gasteiger partial charge in [-0.1, -0.05) is 11.6 Å². The van der Waals surface area contributed by atoms with Gasteiger partial charge >= 0.3 is 0 Å². The van der Waals surface area contributed by atoms with E-state index in [4.69, 9.17) is 16.3 Å². The molecule has 28 heavy (non-hydrogen) atoms. The van der Waals surface area contributed by atoms with Crippen LogP contribution in [0.5, 0.6) is 5.75 Å². The van der Waals surface area contributed by atoms with Crippen molar-refractivity contribution >= 4 is 23.4 Å². The second-order valence-electron chi connectivity index (χ2n) is 8.49. The summed E-state index contributed by atoms with van der Waals surface area (Å²) in [5.41, 5.74) is -0.110. The Morgan fingerprint density at radius 1 is 1.36 bits per heavy atom. The summed E-state index contributed by atoms with van der Waals surface area (Å²) in [6, 6.07) is 4.43. The molecule has 2 saturated heterocycles. The molecular formula is C21H26ClFN2O3. The molecule has 1 atom stereocenters. The van der Waals surface area contributed by atoms with Gasteiger partial charge in [-0.2, -0.15) is 0 Å². The largest absolute Gasteiger partial charge is 0.487 e. The lowest BCUT2D eigenvalue weighted by atomic mass is 9.67. The molecule has 0 radical (unpaired) electrons. The molecule has 1 saturated carbocycles. The highest BCUT2D eigenvalue weighted by atomic mass is 35.5. The van der Waals surface area contributed by atoms with Gasteiger partial charge in [0.1, 0.15) is 0 Å². The Bertz CT molecular complexity index is 773. The second kappa shape index (κ2) is 7.54. The molecule has 3 aliphatic rings. The molecule has 2 amide bonds. The van der Waals surface area contributed by atoms with Crippen LogP contribution in [-0.4, -0.2) is 41.4 Å². The predicted molar refractivity (Wildman–Crippen MR) is 104 cm³/mol. The molecule has 2 heterocycles. The first-order valence-corrected chi connectivity index (χ1v) is 10.4. The molecule has 1 N–H and O–H groups in total. The fourth-order valence-corrected chi connectivity index (χ4v) is 5.01. The lowest BCUT2D eigenvalue weighted by Gasteiger charge is -2.46. The van der Waals surface area contributed by atoms with Crippen molar-refractivity contribution in [3.05, 3.63) is 29.0 Å². The number of amides is 2. The Morgan fingerprint density at radius 2 is 2.07 bits per heavy atom. The average Bonchev–Trinajstić information content (AvgIpc) is 3.04. The molecule has 1 aromatic carbocycles. The third-order valence-corrected chi connectivity index (χ3v) is 6.82. The van der Waals surface area contributed by atoms with E-state index in [2.05, 4.69) is 5.32 Å². The summed E-state index contributed by atoms with van der Waals surface area (Å²) in [7, 11) is 0. The minimum atomic E-state index is -0.454. The van der Waals surface area contributed by atoms with E-state index in [1.807, 2.05) is 11.8 Å². The minimum absolute atomic E-state index is 0.0341. The minimum Gasteiger partial charge on any atom is -0.487 e. The van der Waals surface area contributed by atoms with Crippen molar-refractivity contribution in [2.24, 2.45) is 11.8 Å². The van der Waals surface area contributed by atoms with E-state index in [1.54, 1.807) is 12.1 Å². The van der Waals surface area contributed by atoms with Gasteiger partial charge in [0.05, 0.1) is 6.10 Å². The van der Waals surface area contributed by atoms with Gasteiger partial charge in [-0.15, -0.1) is 0 Å².